The Morgan fingerprint density at radius 1 is 1.41 bits per heavy atom. The van der Waals surface area contributed by atoms with E-state index in [9.17, 15) is 9.18 Å². The van der Waals surface area contributed by atoms with Gasteiger partial charge in [0, 0.05) is 26.1 Å². The maximum Gasteiger partial charge on any atom is 0.226 e. The number of rotatable bonds is 0. The van der Waals surface area contributed by atoms with Crippen LogP contribution in [0, 0.1) is 5.82 Å². The van der Waals surface area contributed by atoms with Gasteiger partial charge in [0.15, 0.2) is 0 Å². The molecule has 2 aliphatic heterocycles. The van der Waals surface area contributed by atoms with Crippen molar-refractivity contribution < 1.29 is 9.18 Å². The van der Waals surface area contributed by atoms with Crippen LogP contribution in [0.4, 0.5) is 15.8 Å². The van der Waals surface area contributed by atoms with Crippen LogP contribution in [0.1, 0.15) is 6.42 Å². The monoisotopic (exact) mass is 235 g/mol. The molecule has 0 spiro atoms. The Hall–Kier alpha value is -1.62. The molecule has 2 aliphatic rings. The fraction of sp³-hybridized carbons (Fsp3) is 0.417. The molecule has 1 aromatic rings. The van der Waals surface area contributed by atoms with Gasteiger partial charge in [-0.2, -0.15) is 0 Å². The number of fused-ring (bicyclic) bond motifs is 3. The van der Waals surface area contributed by atoms with E-state index in [-0.39, 0.29) is 17.8 Å². The SMILES string of the molecule is O=C1C[C@H]2CNCCN2c2cccc(F)c2N1. The molecule has 1 atom stereocenters. The van der Waals surface area contributed by atoms with Crippen LogP contribution in [0.15, 0.2) is 18.2 Å². The molecule has 1 fully saturated rings. The first-order chi connectivity index (χ1) is 8.25. The predicted molar refractivity (Wildman–Crippen MR) is 63.7 cm³/mol. The lowest BCUT2D eigenvalue weighted by molar-refractivity contribution is -0.116. The molecule has 3 rings (SSSR count). The number of hydrogen-bond donors (Lipinski definition) is 2. The lowest BCUT2D eigenvalue weighted by Gasteiger charge is -2.36. The second-order valence-corrected chi connectivity index (χ2v) is 4.44. The number of nitrogens with one attached hydrogen (secondary N) is 2. The van der Waals surface area contributed by atoms with Crippen molar-refractivity contribution in [3.05, 3.63) is 24.0 Å². The van der Waals surface area contributed by atoms with Gasteiger partial charge in [-0.15, -0.1) is 0 Å². The molecule has 0 aliphatic carbocycles. The molecule has 90 valence electrons. The third-order valence-corrected chi connectivity index (χ3v) is 3.34. The molecule has 0 unspecified atom stereocenters. The number of nitrogens with zero attached hydrogens (tertiary/aromatic N) is 1. The largest absolute Gasteiger partial charge is 0.364 e. The zero-order chi connectivity index (χ0) is 11.8. The second-order valence-electron chi connectivity index (χ2n) is 4.44. The Balaban J connectivity index is 2.09. The Kier molecular flexibility index (Phi) is 2.48. The zero-order valence-corrected chi connectivity index (χ0v) is 9.37. The molecule has 1 amide bonds. The molecule has 0 bridgehead atoms. The van der Waals surface area contributed by atoms with Crippen molar-refractivity contribution in [2.75, 3.05) is 29.9 Å². The highest BCUT2D eigenvalue weighted by molar-refractivity contribution is 5.97. The van der Waals surface area contributed by atoms with Gasteiger partial charge < -0.3 is 15.5 Å². The highest BCUT2D eigenvalue weighted by Gasteiger charge is 2.30. The van der Waals surface area contributed by atoms with E-state index in [1.54, 1.807) is 6.07 Å². The Bertz CT molecular complexity index is 463. The molecule has 2 N–H and O–H groups in total. The van der Waals surface area contributed by atoms with E-state index in [2.05, 4.69) is 15.5 Å². The van der Waals surface area contributed by atoms with E-state index in [0.717, 1.165) is 25.3 Å². The molecule has 0 saturated carbocycles. The van der Waals surface area contributed by atoms with Crippen LogP contribution in [0.3, 0.4) is 0 Å². The molecular weight excluding hydrogens is 221 g/mol. The molecule has 0 radical (unpaired) electrons. The molecular formula is C12H14FN3O. The molecule has 2 heterocycles. The number of para-hydroxylation sites is 1. The number of benzene rings is 1. The first-order valence-corrected chi connectivity index (χ1v) is 5.81. The van der Waals surface area contributed by atoms with Crippen LogP contribution >= 0.6 is 0 Å². The summed E-state index contributed by atoms with van der Waals surface area (Å²) in [6.45, 7) is 2.43. The Morgan fingerprint density at radius 2 is 2.29 bits per heavy atom. The number of amides is 1. The van der Waals surface area contributed by atoms with E-state index in [0.29, 0.717) is 12.1 Å². The maximum atomic E-state index is 13.7. The van der Waals surface area contributed by atoms with Gasteiger partial charge in [0.1, 0.15) is 11.5 Å². The van der Waals surface area contributed by atoms with Crippen molar-refractivity contribution >= 4 is 17.3 Å². The summed E-state index contributed by atoms with van der Waals surface area (Å²) in [4.78, 5) is 13.8. The molecule has 0 aromatic heterocycles. The van der Waals surface area contributed by atoms with Gasteiger partial charge in [-0.25, -0.2) is 4.39 Å². The summed E-state index contributed by atoms with van der Waals surface area (Å²) >= 11 is 0. The van der Waals surface area contributed by atoms with Crippen LogP contribution in [0.25, 0.3) is 0 Å². The predicted octanol–water partition coefficient (Wildman–Crippen LogP) is 0.946. The minimum atomic E-state index is -0.366. The number of carbonyl (C=O) groups excluding carboxylic acids is 1. The molecule has 1 aromatic carbocycles. The van der Waals surface area contributed by atoms with Crippen molar-refractivity contribution in [2.24, 2.45) is 0 Å². The van der Waals surface area contributed by atoms with Crippen molar-refractivity contribution in [3.8, 4) is 0 Å². The topological polar surface area (TPSA) is 44.4 Å². The average Bonchev–Trinajstić information content (AvgIpc) is 2.46. The molecule has 17 heavy (non-hydrogen) atoms. The third-order valence-electron chi connectivity index (χ3n) is 3.34. The maximum absolute atomic E-state index is 13.7. The first kappa shape index (κ1) is 10.5. The molecule has 5 heteroatoms. The van der Waals surface area contributed by atoms with Gasteiger partial charge in [0.2, 0.25) is 5.91 Å². The molecule has 1 saturated heterocycles. The van der Waals surface area contributed by atoms with Crippen molar-refractivity contribution in [1.82, 2.24) is 5.32 Å². The fourth-order valence-electron chi connectivity index (χ4n) is 2.54. The van der Waals surface area contributed by atoms with Crippen LogP contribution in [0.5, 0.6) is 0 Å². The van der Waals surface area contributed by atoms with Crippen molar-refractivity contribution in [1.29, 1.82) is 0 Å². The van der Waals surface area contributed by atoms with Gasteiger partial charge in [-0.3, -0.25) is 4.79 Å². The summed E-state index contributed by atoms with van der Waals surface area (Å²) in [6, 6.07) is 5.04. The van der Waals surface area contributed by atoms with E-state index in [1.807, 2.05) is 6.07 Å². The smallest absolute Gasteiger partial charge is 0.226 e. The Morgan fingerprint density at radius 3 is 3.18 bits per heavy atom. The molecule has 4 nitrogen and oxygen atoms in total. The lowest BCUT2D eigenvalue weighted by Crippen LogP contribution is -2.51. The summed E-state index contributed by atoms with van der Waals surface area (Å²) < 4.78 is 13.7. The number of hydrogen-bond acceptors (Lipinski definition) is 3. The third kappa shape index (κ3) is 1.76. The minimum Gasteiger partial charge on any atom is -0.364 e. The van der Waals surface area contributed by atoms with Crippen molar-refractivity contribution in [2.45, 2.75) is 12.5 Å². The number of carbonyl (C=O) groups is 1. The summed E-state index contributed by atoms with van der Waals surface area (Å²) in [7, 11) is 0. The van der Waals surface area contributed by atoms with Crippen LogP contribution in [-0.4, -0.2) is 31.6 Å². The van der Waals surface area contributed by atoms with E-state index in [4.69, 9.17) is 0 Å². The first-order valence-electron chi connectivity index (χ1n) is 5.81. The van der Waals surface area contributed by atoms with Gasteiger partial charge in [0.05, 0.1) is 11.7 Å². The number of anilines is 2. The standard InChI is InChI=1S/C12H14FN3O/c13-9-2-1-3-10-12(9)15-11(17)6-8-7-14-4-5-16(8)10/h1-3,8,14H,4-7H2,(H,15,17)/t8-/m0/s1. The number of halogens is 1. The van der Waals surface area contributed by atoms with Gasteiger partial charge in [0.25, 0.3) is 0 Å². The summed E-state index contributed by atoms with van der Waals surface area (Å²) in [5, 5.41) is 5.93. The normalized spacial score (nSPS) is 23.5. The van der Waals surface area contributed by atoms with Crippen LogP contribution in [-0.2, 0) is 4.79 Å². The second kappa shape index (κ2) is 4.00. The summed E-state index contributed by atoms with van der Waals surface area (Å²) in [5.74, 6) is -0.484. The van der Waals surface area contributed by atoms with E-state index < -0.39 is 0 Å². The zero-order valence-electron chi connectivity index (χ0n) is 9.37. The van der Waals surface area contributed by atoms with E-state index >= 15 is 0 Å². The van der Waals surface area contributed by atoms with Gasteiger partial charge in [-0.1, -0.05) is 6.07 Å². The van der Waals surface area contributed by atoms with Crippen LogP contribution < -0.4 is 15.5 Å². The quantitative estimate of drug-likeness (QED) is 0.703. The van der Waals surface area contributed by atoms with Gasteiger partial charge in [-0.05, 0) is 12.1 Å². The lowest BCUT2D eigenvalue weighted by atomic mass is 10.1. The highest BCUT2D eigenvalue weighted by atomic mass is 19.1. The summed E-state index contributed by atoms with van der Waals surface area (Å²) in [6.07, 6.45) is 0.404. The minimum absolute atomic E-state index is 0.117. The number of piperazine rings is 1. The highest BCUT2D eigenvalue weighted by Crippen LogP contribution is 2.33. The average molecular weight is 235 g/mol. The summed E-state index contributed by atoms with van der Waals surface area (Å²) in [5.41, 5.74) is 1.12. The van der Waals surface area contributed by atoms with Gasteiger partial charge >= 0.3 is 0 Å². The van der Waals surface area contributed by atoms with Crippen LogP contribution in [0.2, 0.25) is 0 Å². The fourth-order valence-corrected chi connectivity index (χ4v) is 2.54. The van der Waals surface area contributed by atoms with Crippen molar-refractivity contribution in [3.63, 3.8) is 0 Å². The Labute approximate surface area is 98.8 Å². The van der Waals surface area contributed by atoms with E-state index in [1.165, 1.54) is 6.07 Å².